The molecule has 2 aliphatic rings. The van der Waals surface area contributed by atoms with Crippen molar-refractivity contribution in [3.05, 3.63) is 0 Å². The first-order valence-corrected chi connectivity index (χ1v) is 5.73. The molecule has 0 aliphatic carbocycles. The van der Waals surface area contributed by atoms with Gasteiger partial charge in [-0.25, -0.2) is 4.79 Å². The van der Waals surface area contributed by atoms with Crippen LogP contribution >= 0.6 is 0 Å². The fraction of sp³-hybridized carbons (Fsp3) is 0.800. The van der Waals surface area contributed by atoms with Gasteiger partial charge in [0.15, 0.2) is 0 Å². The van der Waals surface area contributed by atoms with E-state index in [2.05, 4.69) is 0 Å². The molecule has 0 saturated carbocycles. The molecule has 0 radical (unpaired) electrons. The summed E-state index contributed by atoms with van der Waals surface area (Å²) < 4.78 is 5.32. The van der Waals surface area contributed by atoms with Crippen molar-refractivity contribution in [3.8, 4) is 0 Å². The smallest absolute Gasteiger partial charge is 0.320 e. The average molecular weight is 243 g/mol. The number of rotatable bonds is 2. The third kappa shape index (κ3) is 2.34. The number of primary amides is 1. The Bertz CT molecular complexity index is 323. The standard InChI is InChI=1S/C10H17N3O4/c11-10(16)13-4-5-17-6-8(13)12-3-1-2-7(12)9(14)15/h7-8H,1-6H2,(H2,11,16)(H,14,15). The normalized spacial score (nSPS) is 30.5. The molecular formula is C10H17N3O4. The molecular weight excluding hydrogens is 226 g/mol. The lowest BCUT2D eigenvalue weighted by atomic mass is 10.2. The number of morpholine rings is 1. The summed E-state index contributed by atoms with van der Waals surface area (Å²) in [6, 6.07) is -1.06. The molecule has 2 saturated heterocycles. The predicted molar refractivity (Wildman–Crippen MR) is 58.3 cm³/mol. The summed E-state index contributed by atoms with van der Waals surface area (Å²) in [5, 5.41) is 9.12. The molecule has 2 fully saturated rings. The van der Waals surface area contributed by atoms with Crippen LogP contribution in [0.2, 0.25) is 0 Å². The Labute approximate surface area is 99.1 Å². The van der Waals surface area contributed by atoms with Gasteiger partial charge in [-0.05, 0) is 12.8 Å². The number of amides is 2. The number of nitrogens with two attached hydrogens (primary N) is 1. The Kier molecular flexibility index (Phi) is 3.49. The van der Waals surface area contributed by atoms with Gasteiger partial charge >= 0.3 is 12.0 Å². The Balaban J connectivity index is 2.13. The number of nitrogens with zero attached hydrogens (tertiary/aromatic N) is 2. The van der Waals surface area contributed by atoms with Crippen LogP contribution in [0, 0.1) is 0 Å². The van der Waals surface area contributed by atoms with Gasteiger partial charge < -0.3 is 20.5 Å². The third-order valence-electron chi connectivity index (χ3n) is 3.35. The number of aliphatic carboxylic acids is 1. The second kappa shape index (κ2) is 4.89. The molecule has 17 heavy (non-hydrogen) atoms. The van der Waals surface area contributed by atoms with E-state index in [-0.39, 0.29) is 6.17 Å². The number of carboxylic acid groups (broad SMARTS) is 1. The highest BCUT2D eigenvalue weighted by Gasteiger charge is 2.40. The van der Waals surface area contributed by atoms with Crippen LogP contribution in [0.5, 0.6) is 0 Å². The number of likely N-dealkylation sites (tertiary alicyclic amines) is 1. The third-order valence-corrected chi connectivity index (χ3v) is 3.35. The predicted octanol–water partition coefficient (Wildman–Crippen LogP) is -0.728. The summed E-state index contributed by atoms with van der Waals surface area (Å²) in [5.74, 6) is -0.850. The van der Waals surface area contributed by atoms with Gasteiger partial charge in [0, 0.05) is 13.1 Å². The maximum absolute atomic E-state index is 11.3. The van der Waals surface area contributed by atoms with E-state index in [0.717, 1.165) is 6.42 Å². The van der Waals surface area contributed by atoms with Crippen LogP contribution in [0.15, 0.2) is 0 Å². The van der Waals surface area contributed by atoms with E-state index in [4.69, 9.17) is 15.6 Å². The van der Waals surface area contributed by atoms with E-state index in [1.807, 2.05) is 0 Å². The highest BCUT2D eigenvalue weighted by Crippen LogP contribution is 2.23. The van der Waals surface area contributed by atoms with Crippen LogP contribution in [-0.2, 0) is 9.53 Å². The summed E-state index contributed by atoms with van der Waals surface area (Å²) in [5.41, 5.74) is 5.30. The van der Waals surface area contributed by atoms with Crippen LogP contribution < -0.4 is 5.73 Å². The number of urea groups is 1. The van der Waals surface area contributed by atoms with Crippen molar-refractivity contribution < 1.29 is 19.4 Å². The van der Waals surface area contributed by atoms with Gasteiger partial charge in [0.05, 0.1) is 13.2 Å². The van der Waals surface area contributed by atoms with Gasteiger partial charge in [0.25, 0.3) is 0 Å². The van der Waals surface area contributed by atoms with Crippen molar-refractivity contribution in [2.24, 2.45) is 5.73 Å². The molecule has 2 amide bonds. The summed E-state index contributed by atoms with van der Waals surface area (Å²) in [6.07, 6.45) is 1.09. The molecule has 0 aromatic rings. The van der Waals surface area contributed by atoms with E-state index < -0.39 is 18.0 Å². The number of carbonyl (C=O) groups excluding carboxylic acids is 1. The first-order valence-electron chi connectivity index (χ1n) is 5.73. The first-order chi connectivity index (χ1) is 8.11. The van der Waals surface area contributed by atoms with E-state index in [1.165, 1.54) is 4.90 Å². The maximum atomic E-state index is 11.3. The second-order valence-electron chi connectivity index (χ2n) is 4.32. The number of carbonyl (C=O) groups is 2. The quantitative estimate of drug-likeness (QED) is 0.666. The van der Waals surface area contributed by atoms with Crippen molar-refractivity contribution in [1.29, 1.82) is 0 Å². The van der Waals surface area contributed by atoms with Crippen molar-refractivity contribution in [1.82, 2.24) is 9.80 Å². The highest BCUT2D eigenvalue weighted by molar-refractivity contribution is 5.75. The summed E-state index contributed by atoms with van der Waals surface area (Å²) in [7, 11) is 0. The second-order valence-corrected chi connectivity index (χ2v) is 4.32. The van der Waals surface area contributed by atoms with Crippen LogP contribution in [0.1, 0.15) is 12.8 Å². The van der Waals surface area contributed by atoms with Gasteiger partial charge in [-0.2, -0.15) is 0 Å². The van der Waals surface area contributed by atoms with Crippen molar-refractivity contribution >= 4 is 12.0 Å². The van der Waals surface area contributed by atoms with Gasteiger partial charge in [0.1, 0.15) is 12.2 Å². The van der Waals surface area contributed by atoms with Crippen LogP contribution in [0.4, 0.5) is 4.79 Å². The van der Waals surface area contributed by atoms with Crippen LogP contribution in [-0.4, -0.2) is 65.4 Å². The topological polar surface area (TPSA) is 96.1 Å². The SMILES string of the molecule is NC(=O)N1CCOCC1N1CCCC1C(=O)O. The maximum Gasteiger partial charge on any atom is 0.320 e. The zero-order chi connectivity index (χ0) is 12.4. The van der Waals surface area contributed by atoms with Crippen molar-refractivity contribution in [2.75, 3.05) is 26.3 Å². The minimum absolute atomic E-state index is 0.326. The van der Waals surface area contributed by atoms with Crippen LogP contribution in [0.3, 0.4) is 0 Å². The van der Waals surface area contributed by atoms with Gasteiger partial charge in [0.2, 0.25) is 0 Å². The minimum atomic E-state index is -0.850. The average Bonchev–Trinajstić information content (AvgIpc) is 2.77. The zero-order valence-electron chi connectivity index (χ0n) is 9.54. The molecule has 0 bridgehead atoms. The minimum Gasteiger partial charge on any atom is -0.480 e. The molecule has 2 unspecified atom stereocenters. The Hall–Kier alpha value is -1.34. The number of ether oxygens (including phenoxy) is 1. The van der Waals surface area contributed by atoms with E-state index >= 15 is 0 Å². The molecule has 2 aliphatic heterocycles. The highest BCUT2D eigenvalue weighted by atomic mass is 16.5. The molecule has 2 heterocycles. The molecule has 7 heteroatoms. The zero-order valence-corrected chi connectivity index (χ0v) is 9.54. The lowest BCUT2D eigenvalue weighted by molar-refractivity contribution is -0.146. The number of hydrogen-bond donors (Lipinski definition) is 2. The van der Waals surface area contributed by atoms with Gasteiger partial charge in [-0.1, -0.05) is 0 Å². The Morgan fingerprint density at radius 1 is 1.35 bits per heavy atom. The molecule has 2 atom stereocenters. The number of hydrogen-bond acceptors (Lipinski definition) is 4. The summed E-state index contributed by atoms with van der Waals surface area (Å²) in [6.45, 7) is 1.86. The fourth-order valence-corrected chi connectivity index (χ4v) is 2.53. The van der Waals surface area contributed by atoms with Crippen molar-refractivity contribution in [2.45, 2.75) is 25.0 Å². The van der Waals surface area contributed by atoms with Crippen LogP contribution in [0.25, 0.3) is 0 Å². The fourth-order valence-electron chi connectivity index (χ4n) is 2.53. The van der Waals surface area contributed by atoms with E-state index in [9.17, 15) is 9.59 Å². The lowest BCUT2D eigenvalue weighted by Gasteiger charge is -2.41. The lowest BCUT2D eigenvalue weighted by Crippen LogP contribution is -2.60. The summed E-state index contributed by atoms with van der Waals surface area (Å²) in [4.78, 5) is 25.7. The number of carboxylic acids is 1. The Morgan fingerprint density at radius 3 is 2.76 bits per heavy atom. The van der Waals surface area contributed by atoms with E-state index in [1.54, 1.807) is 4.90 Å². The molecule has 96 valence electrons. The molecule has 0 spiro atoms. The molecule has 2 rings (SSSR count). The molecule has 0 aromatic heterocycles. The molecule has 0 aromatic carbocycles. The molecule has 3 N–H and O–H groups in total. The molecule has 7 nitrogen and oxygen atoms in total. The van der Waals surface area contributed by atoms with E-state index in [0.29, 0.717) is 32.7 Å². The monoisotopic (exact) mass is 243 g/mol. The van der Waals surface area contributed by atoms with Gasteiger partial charge in [-0.15, -0.1) is 0 Å². The van der Waals surface area contributed by atoms with Crippen molar-refractivity contribution in [3.63, 3.8) is 0 Å². The largest absolute Gasteiger partial charge is 0.480 e. The van der Waals surface area contributed by atoms with Gasteiger partial charge in [-0.3, -0.25) is 9.69 Å². The Morgan fingerprint density at radius 2 is 2.12 bits per heavy atom. The first kappa shape index (κ1) is 12.1. The summed E-state index contributed by atoms with van der Waals surface area (Å²) >= 11 is 0.